The van der Waals surface area contributed by atoms with Crippen molar-refractivity contribution in [1.29, 1.82) is 0 Å². The predicted molar refractivity (Wildman–Crippen MR) is 31.4 cm³/mol. The predicted octanol–water partition coefficient (Wildman–Crippen LogP) is 1.13. The van der Waals surface area contributed by atoms with Gasteiger partial charge in [0.1, 0.15) is 6.61 Å². The Labute approximate surface area is 49.1 Å². The van der Waals surface area contributed by atoms with Crippen molar-refractivity contribution in [3.63, 3.8) is 0 Å². The maximum absolute atomic E-state index is 9.93. The van der Waals surface area contributed by atoms with Gasteiger partial charge in [0.15, 0.2) is 0 Å². The number of rotatable bonds is 0. The highest BCUT2D eigenvalue weighted by Gasteiger charge is 1.98. The maximum Gasteiger partial charge on any atom is 0.330 e. The molecule has 1 rings (SSSR count). The lowest BCUT2D eigenvalue weighted by Gasteiger charge is -1.81. The molecule has 0 fully saturated rings. The summed E-state index contributed by atoms with van der Waals surface area (Å²) in [6, 6.07) is 0. The van der Waals surface area contributed by atoms with Gasteiger partial charge in [-0.3, -0.25) is 0 Å². The highest BCUT2D eigenvalue weighted by Crippen LogP contribution is 1.89. The van der Waals surface area contributed by atoms with Crippen LogP contribution in [0, 0.1) is 0 Å². The summed E-state index contributed by atoms with van der Waals surface area (Å²) in [4.78, 5) is 9.93. The summed E-state index contributed by atoms with van der Waals surface area (Å²) in [5.74, 6) is -0.227. The SMILES string of the molecule is CC.O=C1C=CCO1. The average molecular weight is 114 g/mol. The summed E-state index contributed by atoms with van der Waals surface area (Å²) in [6.45, 7) is 4.46. The molecule has 2 heteroatoms. The minimum atomic E-state index is -0.227. The molecule has 0 radical (unpaired) electrons. The van der Waals surface area contributed by atoms with Gasteiger partial charge in [-0.05, 0) is 6.08 Å². The van der Waals surface area contributed by atoms with Crippen LogP contribution >= 0.6 is 0 Å². The molecule has 0 spiro atoms. The molecule has 1 heterocycles. The zero-order valence-corrected chi connectivity index (χ0v) is 5.18. The molecule has 2 nitrogen and oxygen atoms in total. The monoisotopic (exact) mass is 114 g/mol. The lowest BCUT2D eigenvalue weighted by atomic mass is 10.6. The fourth-order valence-corrected chi connectivity index (χ4v) is 0.323. The van der Waals surface area contributed by atoms with Gasteiger partial charge in [-0.2, -0.15) is 0 Å². The third-order valence-corrected chi connectivity index (χ3v) is 0.576. The largest absolute Gasteiger partial charge is 0.458 e. The first-order valence-electron chi connectivity index (χ1n) is 2.73. The molecule has 0 unspecified atom stereocenters. The van der Waals surface area contributed by atoms with Crippen molar-refractivity contribution in [2.24, 2.45) is 0 Å². The first kappa shape index (κ1) is 7.21. The number of ether oxygens (including phenoxy) is 1. The Kier molecular flexibility index (Phi) is 3.94. The molecule has 0 amide bonds. The van der Waals surface area contributed by atoms with Gasteiger partial charge >= 0.3 is 5.97 Å². The van der Waals surface area contributed by atoms with Gasteiger partial charge < -0.3 is 4.74 Å². The van der Waals surface area contributed by atoms with Crippen LogP contribution in [-0.2, 0) is 9.53 Å². The molecule has 1 aliphatic rings. The van der Waals surface area contributed by atoms with Crippen LogP contribution in [0.1, 0.15) is 13.8 Å². The number of hydrogen-bond acceptors (Lipinski definition) is 2. The summed E-state index contributed by atoms with van der Waals surface area (Å²) in [5, 5.41) is 0. The molecule has 0 saturated carbocycles. The molecule has 0 atom stereocenters. The zero-order valence-electron chi connectivity index (χ0n) is 5.18. The molecule has 0 aromatic heterocycles. The molecule has 0 N–H and O–H groups in total. The van der Waals surface area contributed by atoms with Gasteiger partial charge in [0.2, 0.25) is 0 Å². The van der Waals surface area contributed by atoms with Gasteiger partial charge in [0.05, 0.1) is 0 Å². The number of carbonyl (C=O) groups excluding carboxylic acids is 1. The van der Waals surface area contributed by atoms with E-state index in [1.54, 1.807) is 6.08 Å². The number of esters is 1. The van der Waals surface area contributed by atoms with Gasteiger partial charge in [-0.25, -0.2) is 4.79 Å². The molecule has 8 heavy (non-hydrogen) atoms. The second kappa shape index (κ2) is 4.37. The molecule has 0 aromatic carbocycles. The second-order valence-electron chi connectivity index (χ2n) is 1.03. The van der Waals surface area contributed by atoms with Gasteiger partial charge in [-0.15, -0.1) is 0 Å². The first-order valence-corrected chi connectivity index (χ1v) is 2.73. The van der Waals surface area contributed by atoms with Crippen LogP contribution in [0.4, 0.5) is 0 Å². The minimum absolute atomic E-state index is 0.227. The van der Waals surface area contributed by atoms with Crippen molar-refractivity contribution >= 4 is 5.97 Å². The Morgan fingerprint density at radius 1 is 1.62 bits per heavy atom. The van der Waals surface area contributed by atoms with E-state index in [1.165, 1.54) is 6.08 Å². The smallest absolute Gasteiger partial charge is 0.330 e. The van der Waals surface area contributed by atoms with Gasteiger partial charge in [0, 0.05) is 6.08 Å². The van der Waals surface area contributed by atoms with E-state index >= 15 is 0 Å². The third-order valence-electron chi connectivity index (χ3n) is 0.576. The third kappa shape index (κ3) is 2.39. The average Bonchev–Trinajstić information content (AvgIpc) is 2.24. The number of hydrogen-bond donors (Lipinski definition) is 0. The topological polar surface area (TPSA) is 26.3 Å². The van der Waals surface area contributed by atoms with E-state index in [-0.39, 0.29) is 5.97 Å². The summed E-state index contributed by atoms with van der Waals surface area (Å²) in [7, 11) is 0. The Morgan fingerprint density at radius 2 is 2.25 bits per heavy atom. The second-order valence-corrected chi connectivity index (χ2v) is 1.03. The van der Waals surface area contributed by atoms with Crippen LogP contribution in [0.3, 0.4) is 0 Å². The van der Waals surface area contributed by atoms with Crippen LogP contribution < -0.4 is 0 Å². The lowest BCUT2D eigenvalue weighted by Crippen LogP contribution is -1.89. The minimum Gasteiger partial charge on any atom is -0.458 e. The summed E-state index contributed by atoms with van der Waals surface area (Å²) >= 11 is 0. The summed E-state index contributed by atoms with van der Waals surface area (Å²) < 4.78 is 4.40. The quantitative estimate of drug-likeness (QED) is 0.441. The Morgan fingerprint density at radius 3 is 2.38 bits per heavy atom. The molecule has 0 aromatic rings. The molecular formula is C6H10O2. The fraction of sp³-hybridized carbons (Fsp3) is 0.500. The Balaban J connectivity index is 0.000000222. The van der Waals surface area contributed by atoms with Crippen molar-refractivity contribution in [1.82, 2.24) is 0 Å². The molecule has 0 bridgehead atoms. The highest BCUT2D eigenvalue weighted by molar-refractivity contribution is 5.83. The zero-order chi connectivity index (χ0) is 6.41. The first-order chi connectivity index (χ1) is 3.89. The van der Waals surface area contributed by atoms with E-state index < -0.39 is 0 Å². The van der Waals surface area contributed by atoms with Crippen LogP contribution in [0.15, 0.2) is 12.2 Å². The fourth-order valence-electron chi connectivity index (χ4n) is 0.323. The Hall–Kier alpha value is -0.790. The van der Waals surface area contributed by atoms with Crippen molar-refractivity contribution in [2.45, 2.75) is 13.8 Å². The summed E-state index contributed by atoms with van der Waals surface area (Å²) in [5.41, 5.74) is 0. The van der Waals surface area contributed by atoms with Crippen LogP contribution in [0.25, 0.3) is 0 Å². The van der Waals surface area contributed by atoms with E-state index in [0.717, 1.165) is 0 Å². The van der Waals surface area contributed by atoms with E-state index in [4.69, 9.17) is 0 Å². The van der Waals surface area contributed by atoms with E-state index in [0.29, 0.717) is 6.61 Å². The molecular weight excluding hydrogens is 104 g/mol. The lowest BCUT2D eigenvalue weighted by molar-refractivity contribution is -0.134. The number of carbonyl (C=O) groups is 1. The normalized spacial score (nSPS) is 14.5. The van der Waals surface area contributed by atoms with E-state index in [1.807, 2.05) is 13.8 Å². The maximum atomic E-state index is 9.93. The van der Waals surface area contributed by atoms with Crippen molar-refractivity contribution in [3.8, 4) is 0 Å². The van der Waals surface area contributed by atoms with Crippen LogP contribution in [-0.4, -0.2) is 12.6 Å². The summed E-state index contributed by atoms with van der Waals surface area (Å²) in [6.07, 6.45) is 3.10. The van der Waals surface area contributed by atoms with Crippen molar-refractivity contribution in [2.75, 3.05) is 6.61 Å². The molecule has 46 valence electrons. The molecule has 1 aliphatic heterocycles. The van der Waals surface area contributed by atoms with E-state index in [9.17, 15) is 4.79 Å². The van der Waals surface area contributed by atoms with Crippen LogP contribution in [0.5, 0.6) is 0 Å². The van der Waals surface area contributed by atoms with Crippen molar-refractivity contribution in [3.05, 3.63) is 12.2 Å². The molecule has 0 saturated heterocycles. The van der Waals surface area contributed by atoms with Gasteiger partial charge in [-0.1, -0.05) is 13.8 Å². The standard InChI is InChI=1S/C4H4O2.C2H6/c5-4-2-1-3-6-4;1-2/h1-2H,3H2;1-2H3. The highest BCUT2D eigenvalue weighted by atomic mass is 16.5. The van der Waals surface area contributed by atoms with Gasteiger partial charge in [0.25, 0.3) is 0 Å². The number of cyclic esters (lactones) is 1. The molecule has 0 aliphatic carbocycles. The van der Waals surface area contributed by atoms with Crippen molar-refractivity contribution < 1.29 is 9.53 Å². The van der Waals surface area contributed by atoms with Crippen LogP contribution in [0.2, 0.25) is 0 Å². The van der Waals surface area contributed by atoms with E-state index in [2.05, 4.69) is 4.74 Å². The Bertz CT molecular complexity index is 94.7.